The van der Waals surface area contributed by atoms with Crippen LogP contribution in [0.3, 0.4) is 0 Å². The summed E-state index contributed by atoms with van der Waals surface area (Å²) >= 11 is 2.27. The van der Waals surface area contributed by atoms with Gasteiger partial charge in [-0.1, -0.05) is 62.1 Å². The second-order valence-electron chi connectivity index (χ2n) is 8.47. The van der Waals surface area contributed by atoms with Crippen molar-refractivity contribution < 1.29 is 19.7 Å². The predicted molar refractivity (Wildman–Crippen MR) is 103 cm³/mol. The Bertz CT molecular complexity index is 560. The highest BCUT2D eigenvalue weighted by Crippen LogP contribution is 2.53. The number of hydrogen-bond acceptors (Lipinski definition) is 4. The predicted octanol–water partition coefficient (Wildman–Crippen LogP) is 3.05. The average Bonchev–Trinajstić information content (AvgIpc) is 2.47. The molecule has 0 radical (unpaired) electrons. The van der Waals surface area contributed by atoms with Crippen LogP contribution in [0.1, 0.15) is 47.5 Å². The molecule has 1 aliphatic carbocycles. The summed E-state index contributed by atoms with van der Waals surface area (Å²) in [6.07, 6.45) is 2.86. The van der Waals surface area contributed by atoms with E-state index in [4.69, 9.17) is 14.6 Å². The van der Waals surface area contributed by atoms with Gasteiger partial charge in [0.25, 0.3) is 0 Å². The van der Waals surface area contributed by atoms with E-state index in [9.17, 15) is 5.11 Å². The van der Waals surface area contributed by atoms with E-state index in [0.29, 0.717) is 26.1 Å². The van der Waals surface area contributed by atoms with Crippen molar-refractivity contribution >= 4 is 22.6 Å². The molecule has 5 heteroatoms. The lowest BCUT2D eigenvalue weighted by Gasteiger charge is -2.56. The van der Waals surface area contributed by atoms with Gasteiger partial charge in [-0.25, -0.2) is 0 Å². The van der Waals surface area contributed by atoms with Crippen LogP contribution in [-0.2, 0) is 9.47 Å². The fourth-order valence-electron chi connectivity index (χ4n) is 3.31. The van der Waals surface area contributed by atoms with Crippen LogP contribution in [0, 0.1) is 22.7 Å². The Morgan fingerprint density at radius 3 is 2.33 bits per heavy atom. The van der Waals surface area contributed by atoms with Crippen molar-refractivity contribution in [3.63, 3.8) is 0 Å². The van der Waals surface area contributed by atoms with Crippen molar-refractivity contribution in [2.45, 2.75) is 62.8 Å². The molecule has 1 saturated heterocycles. The first-order chi connectivity index (χ1) is 11.0. The van der Waals surface area contributed by atoms with Crippen LogP contribution in [-0.4, -0.2) is 45.3 Å². The maximum absolute atomic E-state index is 11.3. The molecule has 2 fully saturated rings. The fraction of sp³-hybridized carbons (Fsp3) is 0.789. The topological polar surface area (TPSA) is 58.9 Å². The third-order valence-electron chi connectivity index (χ3n) is 4.99. The number of halogens is 1. The second kappa shape index (κ2) is 6.88. The third-order valence-corrected chi connectivity index (χ3v) is 6.33. The van der Waals surface area contributed by atoms with Crippen molar-refractivity contribution in [2.24, 2.45) is 10.8 Å². The van der Waals surface area contributed by atoms with Gasteiger partial charge < -0.3 is 19.7 Å². The largest absolute Gasteiger partial charge is 0.392 e. The molecule has 136 valence electrons. The van der Waals surface area contributed by atoms with Crippen LogP contribution in [0.5, 0.6) is 0 Å². The van der Waals surface area contributed by atoms with Gasteiger partial charge in [0.05, 0.1) is 23.7 Å². The average molecular weight is 448 g/mol. The zero-order chi connectivity index (χ0) is 18.2. The summed E-state index contributed by atoms with van der Waals surface area (Å²) in [6.45, 7) is 11.4. The first-order valence-electron chi connectivity index (χ1n) is 8.41. The maximum Gasteiger partial charge on any atom is 0.170 e. The van der Waals surface area contributed by atoms with Crippen LogP contribution in [0.2, 0.25) is 0 Å². The second-order valence-corrected chi connectivity index (χ2v) is 9.97. The van der Waals surface area contributed by atoms with Gasteiger partial charge >= 0.3 is 0 Å². The maximum atomic E-state index is 11.3. The Kier molecular flexibility index (Phi) is 5.79. The van der Waals surface area contributed by atoms with Gasteiger partial charge in [-0.15, -0.1) is 0 Å². The number of aliphatic hydroxyl groups excluding tert-OH is 1. The molecule has 1 saturated carbocycles. The van der Waals surface area contributed by atoms with Gasteiger partial charge in [0.2, 0.25) is 0 Å². The molecule has 1 heterocycles. The summed E-state index contributed by atoms with van der Waals surface area (Å²) < 4.78 is 12.2. The summed E-state index contributed by atoms with van der Waals surface area (Å²) in [7, 11) is 0. The number of alkyl halides is 1. The lowest BCUT2D eigenvalue weighted by Crippen LogP contribution is -2.63. The number of hydrogen-bond donors (Lipinski definition) is 2. The SMILES string of the molecule is C/C(C#CC1(O)[C@@H](I)CC2(CC1(C)C)OCC(C)(C)CO2)=C/CO. The van der Waals surface area contributed by atoms with Crippen LogP contribution < -0.4 is 0 Å². The minimum atomic E-state index is -1.14. The first kappa shape index (κ1) is 20.2. The lowest BCUT2D eigenvalue weighted by molar-refractivity contribution is -0.330. The molecule has 1 unspecified atom stereocenters. The highest BCUT2D eigenvalue weighted by molar-refractivity contribution is 14.1. The van der Waals surface area contributed by atoms with Crippen molar-refractivity contribution in [3.05, 3.63) is 11.6 Å². The van der Waals surface area contributed by atoms with E-state index in [1.165, 1.54) is 0 Å². The molecule has 1 aliphatic heterocycles. The molecule has 1 spiro atoms. The Morgan fingerprint density at radius 2 is 1.83 bits per heavy atom. The van der Waals surface area contributed by atoms with Crippen LogP contribution >= 0.6 is 22.6 Å². The van der Waals surface area contributed by atoms with E-state index < -0.39 is 16.8 Å². The van der Waals surface area contributed by atoms with Crippen molar-refractivity contribution in [2.75, 3.05) is 19.8 Å². The monoisotopic (exact) mass is 448 g/mol. The van der Waals surface area contributed by atoms with E-state index in [2.05, 4.69) is 48.3 Å². The van der Waals surface area contributed by atoms with E-state index in [1.807, 2.05) is 20.8 Å². The zero-order valence-electron chi connectivity index (χ0n) is 15.3. The summed E-state index contributed by atoms with van der Waals surface area (Å²) in [5, 5.41) is 20.3. The summed E-state index contributed by atoms with van der Waals surface area (Å²) in [4.78, 5) is 0. The van der Waals surface area contributed by atoms with E-state index in [1.54, 1.807) is 6.08 Å². The van der Waals surface area contributed by atoms with Gasteiger partial charge in [-0.2, -0.15) is 0 Å². The molecule has 0 bridgehead atoms. The summed E-state index contributed by atoms with van der Waals surface area (Å²) in [6, 6.07) is 0. The molecule has 2 atom stereocenters. The molecular weight excluding hydrogens is 419 g/mol. The van der Waals surface area contributed by atoms with Gasteiger partial charge in [-0.05, 0) is 18.6 Å². The molecular formula is C19H29IO4. The molecule has 24 heavy (non-hydrogen) atoms. The van der Waals surface area contributed by atoms with E-state index in [0.717, 1.165) is 5.57 Å². The van der Waals surface area contributed by atoms with Gasteiger partial charge in [0.1, 0.15) is 5.60 Å². The van der Waals surface area contributed by atoms with Crippen LogP contribution in [0.25, 0.3) is 0 Å². The smallest absolute Gasteiger partial charge is 0.170 e. The highest BCUT2D eigenvalue weighted by atomic mass is 127. The first-order valence-corrected chi connectivity index (χ1v) is 9.65. The lowest BCUT2D eigenvalue weighted by atomic mass is 9.63. The van der Waals surface area contributed by atoms with Crippen molar-refractivity contribution in [3.8, 4) is 11.8 Å². The Hall–Kier alpha value is -0.130. The Labute approximate surface area is 159 Å². The Morgan fingerprint density at radius 1 is 1.25 bits per heavy atom. The fourth-order valence-corrected chi connectivity index (χ4v) is 4.98. The molecule has 0 aromatic carbocycles. The summed E-state index contributed by atoms with van der Waals surface area (Å²) in [5.74, 6) is 5.44. The molecule has 0 amide bonds. The number of aliphatic hydroxyl groups is 2. The molecule has 0 aromatic rings. The molecule has 2 N–H and O–H groups in total. The van der Waals surface area contributed by atoms with E-state index in [-0.39, 0.29) is 15.9 Å². The summed E-state index contributed by atoms with van der Waals surface area (Å²) in [5.41, 5.74) is -0.832. The number of rotatable bonds is 1. The van der Waals surface area contributed by atoms with Crippen LogP contribution in [0.15, 0.2) is 11.6 Å². The van der Waals surface area contributed by atoms with Gasteiger partial charge in [0, 0.05) is 23.7 Å². The highest BCUT2D eigenvalue weighted by Gasteiger charge is 2.60. The molecule has 4 nitrogen and oxygen atoms in total. The molecule has 2 rings (SSSR count). The van der Waals surface area contributed by atoms with Gasteiger partial charge in [0.15, 0.2) is 5.79 Å². The number of ether oxygens (including phenoxy) is 2. The quantitative estimate of drug-likeness (QED) is 0.368. The minimum absolute atomic E-state index is 0.0237. The molecule has 2 aliphatic rings. The number of allylic oxidation sites excluding steroid dienone is 1. The molecule has 0 aromatic heterocycles. The third kappa shape index (κ3) is 3.99. The van der Waals surface area contributed by atoms with Crippen LogP contribution in [0.4, 0.5) is 0 Å². The van der Waals surface area contributed by atoms with Crippen molar-refractivity contribution in [1.29, 1.82) is 0 Å². The van der Waals surface area contributed by atoms with E-state index >= 15 is 0 Å². The minimum Gasteiger partial charge on any atom is -0.392 e. The van der Waals surface area contributed by atoms with Gasteiger partial charge in [-0.3, -0.25) is 0 Å². The standard InChI is InChI=1S/C19H29IO4/c1-14(7-9-21)6-8-19(22)15(20)10-18(11-17(19,4)5)23-12-16(2,3)13-24-18/h7,15,21-22H,9-13H2,1-5H3/b14-7-/t15-,19?/m0/s1. The Balaban J connectivity index is 2.26. The normalized spacial score (nSPS) is 34.5. The van der Waals surface area contributed by atoms with Crippen molar-refractivity contribution in [1.82, 2.24) is 0 Å². The zero-order valence-corrected chi connectivity index (χ0v) is 17.4.